The average Bonchev–Trinajstić information content (AvgIpc) is 3.35. The van der Waals surface area contributed by atoms with E-state index in [0.717, 1.165) is 16.6 Å². The van der Waals surface area contributed by atoms with Crippen molar-refractivity contribution in [1.29, 1.82) is 0 Å². The lowest BCUT2D eigenvalue weighted by Crippen LogP contribution is -2.66. The summed E-state index contributed by atoms with van der Waals surface area (Å²) in [6.45, 7) is 5.43. The van der Waals surface area contributed by atoms with Crippen molar-refractivity contribution >= 4 is 43.1 Å². The number of halogens is 3. The normalized spacial score (nSPS) is 18.4. The number of alkyl halides is 2. The van der Waals surface area contributed by atoms with Crippen molar-refractivity contribution in [2.45, 2.75) is 44.7 Å². The summed E-state index contributed by atoms with van der Waals surface area (Å²) in [5.41, 5.74) is 2.10. The van der Waals surface area contributed by atoms with E-state index in [1.165, 1.54) is 0 Å². The van der Waals surface area contributed by atoms with E-state index in [0.29, 0.717) is 57.1 Å². The molecule has 2 heterocycles. The Morgan fingerprint density at radius 1 is 1.21 bits per heavy atom. The Hall–Kier alpha value is -2.61. The van der Waals surface area contributed by atoms with Crippen LogP contribution in [0.4, 0.5) is 20.5 Å². The third-order valence-electron chi connectivity index (χ3n) is 7.38. The van der Waals surface area contributed by atoms with Crippen LogP contribution < -0.4 is 20.4 Å². The molecule has 1 aliphatic heterocycles. The van der Waals surface area contributed by atoms with Gasteiger partial charge in [0.1, 0.15) is 0 Å². The Balaban J connectivity index is 1.43. The molecular formula is C27H31ClF2N5O2P. The molecule has 2 aromatic carbocycles. The first-order valence-corrected chi connectivity index (χ1v) is 14.6. The van der Waals surface area contributed by atoms with E-state index in [9.17, 15) is 13.6 Å². The maximum absolute atomic E-state index is 13.7. The van der Waals surface area contributed by atoms with Gasteiger partial charge in [0.25, 0.3) is 0 Å². The number of carbonyl (C=O) groups excluding carboxylic acids is 1. The molecule has 7 nitrogen and oxygen atoms in total. The lowest BCUT2D eigenvalue weighted by atomic mass is 9.61. The summed E-state index contributed by atoms with van der Waals surface area (Å²) in [5.74, 6) is -2.26. The topological polar surface area (TPSA) is 74.5 Å². The van der Waals surface area contributed by atoms with Crippen molar-refractivity contribution in [1.82, 2.24) is 15.5 Å². The molecule has 2 atom stereocenters. The van der Waals surface area contributed by atoms with Crippen LogP contribution in [0, 0.1) is 5.41 Å². The van der Waals surface area contributed by atoms with Crippen molar-refractivity contribution in [2.75, 3.05) is 36.6 Å². The average molecular weight is 562 g/mol. The number of nitrogens with zero attached hydrogens (tertiary/aromatic N) is 4. The second-order valence-electron chi connectivity index (χ2n) is 10.2. The molecule has 38 heavy (non-hydrogen) atoms. The minimum Gasteiger partial charge on any atom is -0.403 e. The Kier molecular flexibility index (Phi) is 7.46. The molecule has 1 aliphatic carbocycles. The van der Waals surface area contributed by atoms with Crippen molar-refractivity contribution in [3.8, 4) is 11.5 Å². The molecule has 1 amide bonds. The number of carbonyl (C=O) groups is 1. The first-order valence-electron chi connectivity index (χ1n) is 12.7. The highest BCUT2D eigenvalue weighted by Gasteiger charge is 2.62. The maximum Gasteiger partial charge on any atom is 0.318 e. The molecule has 1 aromatic heterocycles. The van der Waals surface area contributed by atoms with Crippen molar-refractivity contribution in [2.24, 2.45) is 5.41 Å². The smallest absolute Gasteiger partial charge is 0.318 e. The summed E-state index contributed by atoms with van der Waals surface area (Å²) in [4.78, 5) is 17.4. The first-order chi connectivity index (χ1) is 18.2. The summed E-state index contributed by atoms with van der Waals surface area (Å²) in [6.07, 6.45) is 0.484. The SMILES string of the molecule is CC[C@H](NC)C(=O)N(Cc1ccc(Cl)cc1)c1cc(-c2nnc(N3CC4(C3)CC(F)(F)C4)o2)ccc1PC. The highest BCUT2D eigenvalue weighted by molar-refractivity contribution is 7.46. The van der Waals surface area contributed by atoms with Crippen LogP contribution in [0.1, 0.15) is 31.7 Å². The molecule has 1 saturated carbocycles. The Morgan fingerprint density at radius 2 is 1.92 bits per heavy atom. The van der Waals surface area contributed by atoms with Gasteiger partial charge in [-0.05, 0) is 55.3 Å². The number of likely N-dealkylation sites (N-methyl/N-ethyl adjacent to an activating group) is 1. The minimum absolute atomic E-state index is 0.0315. The van der Waals surface area contributed by atoms with Gasteiger partial charge in [-0.25, -0.2) is 8.78 Å². The van der Waals surface area contributed by atoms with E-state index in [1.54, 1.807) is 11.9 Å². The maximum atomic E-state index is 13.7. The van der Waals surface area contributed by atoms with Crippen LogP contribution >= 0.6 is 20.2 Å². The minimum atomic E-state index is -2.55. The number of nitrogens with one attached hydrogen (secondary N) is 1. The van der Waals surface area contributed by atoms with Crippen LogP contribution in [0.3, 0.4) is 0 Å². The molecule has 0 radical (unpaired) electrons. The van der Waals surface area contributed by atoms with Gasteiger partial charge in [0.15, 0.2) is 0 Å². The predicted molar refractivity (Wildman–Crippen MR) is 148 cm³/mol. The van der Waals surface area contributed by atoms with Gasteiger partial charge >= 0.3 is 6.01 Å². The third kappa shape index (κ3) is 5.29. The number of anilines is 2. The van der Waals surface area contributed by atoms with E-state index < -0.39 is 5.92 Å². The Bertz CT molecular complexity index is 1300. The molecule has 0 bridgehead atoms. The van der Waals surface area contributed by atoms with Crippen LogP contribution in [-0.4, -0.2) is 54.9 Å². The Labute approximate surface area is 227 Å². The molecule has 1 saturated heterocycles. The quantitative estimate of drug-likeness (QED) is 0.367. The van der Waals surface area contributed by atoms with Crippen LogP contribution in [-0.2, 0) is 11.3 Å². The zero-order valence-corrected chi connectivity index (χ0v) is 23.4. The van der Waals surface area contributed by atoms with Gasteiger partial charge in [-0.3, -0.25) is 4.79 Å². The molecule has 1 N–H and O–H groups in total. The second-order valence-corrected chi connectivity index (χ2v) is 11.7. The van der Waals surface area contributed by atoms with Gasteiger partial charge in [-0.1, -0.05) is 50.4 Å². The summed E-state index contributed by atoms with van der Waals surface area (Å²) in [7, 11) is 2.24. The standard InChI is InChI=1S/C27H31ClF2N5O2P/c1-4-20(31-2)24(36)35(12-17-5-8-19(28)9-6-17)21-11-18(7-10-22(21)38-3)23-32-33-25(37-23)34-15-26(16-34)13-27(29,30)14-26/h5-11,20,31,38H,4,12-16H2,1-3H3/t20-/m0/s1. The monoisotopic (exact) mass is 561 g/mol. The number of hydrogen-bond donors (Lipinski definition) is 1. The number of benzene rings is 2. The molecule has 2 fully saturated rings. The molecular weight excluding hydrogens is 531 g/mol. The third-order valence-corrected chi connectivity index (χ3v) is 8.60. The molecule has 2 aliphatic rings. The predicted octanol–water partition coefficient (Wildman–Crippen LogP) is 5.09. The summed E-state index contributed by atoms with van der Waals surface area (Å²) in [5, 5.41) is 13.2. The zero-order valence-electron chi connectivity index (χ0n) is 21.6. The van der Waals surface area contributed by atoms with Gasteiger partial charge < -0.3 is 19.5 Å². The van der Waals surface area contributed by atoms with Crippen LogP contribution in [0.15, 0.2) is 46.9 Å². The Morgan fingerprint density at radius 3 is 2.53 bits per heavy atom. The zero-order chi connectivity index (χ0) is 27.1. The summed E-state index contributed by atoms with van der Waals surface area (Å²) < 4.78 is 32.7. The lowest BCUT2D eigenvalue weighted by molar-refractivity contribution is -0.170. The fraction of sp³-hybridized carbons (Fsp3) is 0.444. The largest absolute Gasteiger partial charge is 0.403 e. The summed E-state index contributed by atoms with van der Waals surface area (Å²) in [6, 6.07) is 13.3. The van der Waals surface area contributed by atoms with Gasteiger partial charge in [0.05, 0.1) is 18.3 Å². The van der Waals surface area contributed by atoms with E-state index in [2.05, 4.69) is 22.2 Å². The van der Waals surface area contributed by atoms with Gasteiger partial charge in [0.2, 0.25) is 17.7 Å². The number of rotatable bonds is 9. The molecule has 202 valence electrons. The fourth-order valence-electron chi connectivity index (χ4n) is 5.47. The fourth-order valence-corrected chi connectivity index (χ4v) is 6.31. The molecule has 1 unspecified atom stereocenters. The number of amides is 1. The summed E-state index contributed by atoms with van der Waals surface area (Å²) >= 11 is 6.09. The molecule has 5 rings (SSSR count). The number of aromatic nitrogens is 2. The van der Waals surface area contributed by atoms with Crippen LogP contribution in [0.25, 0.3) is 11.5 Å². The van der Waals surface area contributed by atoms with Crippen LogP contribution in [0.2, 0.25) is 5.02 Å². The van der Waals surface area contributed by atoms with E-state index >= 15 is 0 Å². The van der Waals surface area contributed by atoms with Crippen molar-refractivity contribution in [3.63, 3.8) is 0 Å². The van der Waals surface area contributed by atoms with Crippen molar-refractivity contribution in [3.05, 3.63) is 53.1 Å². The van der Waals surface area contributed by atoms with E-state index in [1.807, 2.05) is 54.3 Å². The highest BCUT2D eigenvalue weighted by Crippen LogP contribution is 2.57. The molecule has 11 heteroatoms. The van der Waals surface area contributed by atoms with Gasteiger partial charge in [0, 0.05) is 41.9 Å². The number of hydrogen-bond acceptors (Lipinski definition) is 6. The highest BCUT2D eigenvalue weighted by atomic mass is 35.5. The van der Waals surface area contributed by atoms with Crippen molar-refractivity contribution < 1.29 is 18.0 Å². The van der Waals surface area contributed by atoms with Gasteiger partial charge in [-0.15, -0.1) is 5.10 Å². The lowest BCUT2D eigenvalue weighted by Gasteiger charge is -2.57. The molecule has 1 spiro atoms. The van der Waals surface area contributed by atoms with E-state index in [4.69, 9.17) is 16.0 Å². The van der Waals surface area contributed by atoms with Crippen LogP contribution in [0.5, 0.6) is 0 Å². The van der Waals surface area contributed by atoms with Gasteiger partial charge in [-0.2, -0.15) is 0 Å². The first kappa shape index (κ1) is 27.0. The molecule has 3 aromatic rings. The second kappa shape index (κ2) is 10.5. The van der Waals surface area contributed by atoms with E-state index in [-0.39, 0.29) is 30.2 Å².